The highest BCUT2D eigenvalue weighted by molar-refractivity contribution is 9.10. The van der Waals surface area contributed by atoms with Crippen LogP contribution in [0, 0.1) is 6.92 Å². The van der Waals surface area contributed by atoms with Gasteiger partial charge in [0.05, 0.1) is 0 Å². The molecule has 1 heterocycles. The smallest absolute Gasteiger partial charge is 0.251 e. The Hall–Kier alpha value is -1.62. The van der Waals surface area contributed by atoms with Crippen molar-refractivity contribution in [3.05, 3.63) is 52.0 Å². The van der Waals surface area contributed by atoms with Crippen LogP contribution >= 0.6 is 15.9 Å². The molecule has 4 nitrogen and oxygen atoms in total. The van der Waals surface area contributed by atoms with Gasteiger partial charge in [-0.2, -0.15) is 0 Å². The molecule has 0 fully saturated rings. The summed E-state index contributed by atoms with van der Waals surface area (Å²) in [6, 6.07) is 5.68. The van der Waals surface area contributed by atoms with Crippen LogP contribution in [0.2, 0.25) is 0 Å². The number of amides is 1. The van der Waals surface area contributed by atoms with Crippen molar-refractivity contribution >= 4 is 21.8 Å². The molecule has 5 heteroatoms. The van der Waals surface area contributed by atoms with E-state index in [-0.39, 0.29) is 5.91 Å². The number of benzene rings is 1. The Morgan fingerprint density at radius 2 is 2.21 bits per heavy atom. The van der Waals surface area contributed by atoms with Gasteiger partial charge >= 0.3 is 0 Å². The fraction of sp³-hybridized carbons (Fsp3) is 0.286. The molecular weight excluding hydrogens is 306 g/mol. The Labute approximate surface area is 121 Å². The summed E-state index contributed by atoms with van der Waals surface area (Å²) in [5, 5.41) is 2.91. The molecule has 0 spiro atoms. The quantitative estimate of drug-likeness (QED) is 0.940. The molecule has 0 unspecified atom stereocenters. The Bertz CT molecular complexity index is 572. The van der Waals surface area contributed by atoms with Crippen LogP contribution in [0.25, 0.3) is 0 Å². The van der Waals surface area contributed by atoms with Gasteiger partial charge in [0, 0.05) is 42.4 Å². The lowest BCUT2D eigenvalue weighted by Gasteiger charge is -2.07. The van der Waals surface area contributed by atoms with Crippen molar-refractivity contribution in [3.8, 4) is 0 Å². The number of nitrogens with zero attached hydrogens (tertiary/aromatic N) is 2. The molecule has 2 aromatic rings. The zero-order chi connectivity index (χ0) is 13.8. The van der Waals surface area contributed by atoms with E-state index in [4.69, 9.17) is 0 Å². The van der Waals surface area contributed by atoms with Crippen molar-refractivity contribution in [2.24, 2.45) is 7.05 Å². The molecule has 0 aliphatic rings. The average molecular weight is 322 g/mol. The van der Waals surface area contributed by atoms with Crippen LogP contribution < -0.4 is 5.32 Å². The van der Waals surface area contributed by atoms with Gasteiger partial charge < -0.3 is 9.88 Å². The van der Waals surface area contributed by atoms with Crippen LogP contribution in [-0.4, -0.2) is 22.0 Å². The third-order valence-electron chi connectivity index (χ3n) is 2.86. The maximum Gasteiger partial charge on any atom is 0.251 e. The Morgan fingerprint density at radius 1 is 1.42 bits per heavy atom. The molecule has 0 bridgehead atoms. The Kier molecular flexibility index (Phi) is 4.37. The maximum atomic E-state index is 12.0. The molecule has 0 aliphatic heterocycles. The van der Waals surface area contributed by atoms with Gasteiger partial charge in [0.2, 0.25) is 0 Å². The van der Waals surface area contributed by atoms with Gasteiger partial charge in [0.25, 0.3) is 5.91 Å². The van der Waals surface area contributed by atoms with Crippen molar-refractivity contribution in [3.63, 3.8) is 0 Å². The van der Waals surface area contributed by atoms with Gasteiger partial charge in [0.15, 0.2) is 0 Å². The van der Waals surface area contributed by atoms with E-state index in [1.54, 1.807) is 6.20 Å². The summed E-state index contributed by atoms with van der Waals surface area (Å²) in [5.74, 6) is 0.907. The molecule has 1 N–H and O–H groups in total. The van der Waals surface area contributed by atoms with E-state index in [1.165, 1.54) is 0 Å². The minimum absolute atomic E-state index is 0.0568. The lowest BCUT2D eigenvalue weighted by atomic mass is 10.1. The van der Waals surface area contributed by atoms with Crippen LogP contribution in [-0.2, 0) is 13.5 Å². The molecule has 0 saturated heterocycles. The third-order valence-corrected chi connectivity index (χ3v) is 3.32. The summed E-state index contributed by atoms with van der Waals surface area (Å²) in [7, 11) is 1.95. The second-order valence-corrected chi connectivity index (χ2v) is 5.39. The maximum absolute atomic E-state index is 12.0. The number of hydrogen-bond acceptors (Lipinski definition) is 2. The minimum Gasteiger partial charge on any atom is -0.352 e. The van der Waals surface area contributed by atoms with Crippen LogP contribution in [0.5, 0.6) is 0 Å². The zero-order valence-corrected chi connectivity index (χ0v) is 12.6. The number of aryl methyl sites for hydroxylation is 2. The summed E-state index contributed by atoms with van der Waals surface area (Å²) in [5.41, 5.74) is 1.73. The fourth-order valence-corrected chi connectivity index (χ4v) is 2.50. The molecule has 1 amide bonds. The fourth-order valence-electron chi connectivity index (χ4n) is 1.89. The van der Waals surface area contributed by atoms with E-state index in [9.17, 15) is 4.79 Å². The molecule has 1 aromatic heterocycles. The molecule has 19 heavy (non-hydrogen) atoms. The number of hydrogen-bond donors (Lipinski definition) is 1. The van der Waals surface area contributed by atoms with Crippen molar-refractivity contribution < 1.29 is 4.79 Å². The van der Waals surface area contributed by atoms with E-state index >= 15 is 0 Å². The summed E-state index contributed by atoms with van der Waals surface area (Å²) >= 11 is 3.40. The summed E-state index contributed by atoms with van der Waals surface area (Å²) in [6.07, 6.45) is 4.38. The highest BCUT2D eigenvalue weighted by Gasteiger charge is 2.07. The van der Waals surface area contributed by atoms with Gasteiger partial charge in [-0.1, -0.05) is 15.9 Å². The van der Waals surface area contributed by atoms with Crippen molar-refractivity contribution in [1.29, 1.82) is 0 Å². The standard InChI is InChI=1S/C14H16BrN3O/c1-10-7-11(9-12(15)8-10)14(19)17-4-3-13-16-5-6-18(13)2/h5-9H,3-4H2,1-2H3,(H,17,19). The van der Waals surface area contributed by atoms with Crippen LogP contribution in [0.1, 0.15) is 21.7 Å². The normalized spacial score (nSPS) is 10.5. The highest BCUT2D eigenvalue weighted by Crippen LogP contribution is 2.15. The van der Waals surface area contributed by atoms with Gasteiger partial charge in [0.1, 0.15) is 5.82 Å². The molecule has 0 aliphatic carbocycles. The largest absolute Gasteiger partial charge is 0.352 e. The number of aromatic nitrogens is 2. The van der Waals surface area contributed by atoms with Crippen molar-refractivity contribution in [1.82, 2.24) is 14.9 Å². The van der Waals surface area contributed by atoms with Crippen molar-refractivity contribution in [2.75, 3.05) is 6.54 Å². The first-order valence-electron chi connectivity index (χ1n) is 6.08. The van der Waals surface area contributed by atoms with E-state index in [2.05, 4.69) is 26.2 Å². The minimum atomic E-state index is -0.0568. The number of carbonyl (C=O) groups is 1. The van der Waals surface area contributed by atoms with Crippen LogP contribution in [0.15, 0.2) is 35.1 Å². The SMILES string of the molecule is Cc1cc(Br)cc(C(=O)NCCc2nccn2C)c1. The lowest BCUT2D eigenvalue weighted by molar-refractivity contribution is 0.0953. The summed E-state index contributed by atoms with van der Waals surface area (Å²) in [6.45, 7) is 2.55. The van der Waals surface area contributed by atoms with E-state index in [1.807, 2.05) is 42.9 Å². The molecule has 2 rings (SSSR count). The zero-order valence-electron chi connectivity index (χ0n) is 11.0. The van der Waals surface area contributed by atoms with E-state index < -0.39 is 0 Å². The van der Waals surface area contributed by atoms with Crippen molar-refractivity contribution in [2.45, 2.75) is 13.3 Å². The monoisotopic (exact) mass is 321 g/mol. The predicted octanol–water partition coefficient (Wildman–Crippen LogP) is 2.46. The average Bonchev–Trinajstić information content (AvgIpc) is 2.74. The summed E-state index contributed by atoms with van der Waals surface area (Å²) < 4.78 is 2.87. The van der Waals surface area contributed by atoms with Gasteiger partial charge in [-0.05, 0) is 30.7 Å². The lowest BCUT2D eigenvalue weighted by Crippen LogP contribution is -2.26. The summed E-state index contributed by atoms with van der Waals surface area (Å²) in [4.78, 5) is 16.2. The third kappa shape index (κ3) is 3.67. The number of halogens is 1. The molecule has 1 aromatic carbocycles. The Morgan fingerprint density at radius 3 is 2.84 bits per heavy atom. The van der Waals surface area contributed by atoms with Gasteiger partial charge in [-0.25, -0.2) is 4.98 Å². The number of imidazole rings is 1. The van der Waals surface area contributed by atoms with E-state index in [0.29, 0.717) is 12.1 Å². The van der Waals surface area contributed by atoms with Gasteiger partial charge in [-0.3, -0.25) is 4.79 Å². The second kappa shape index (κ2) is 6.02. The number of carbonyl (C=O) groups excluding carboxylic acids is 1. The molecule has 0 atom stereocenters. The van der Waals surface area contributed by atoms with Gasteiger partial charge in [-0.15, -0.1) is 0 Å². The molecule has 0 saturated carbocycles. The number of nitrogens with one attached hydrogen (secondary N) is 1. The first-order chi connectivity index (χ1) is 9.06. The number of rotatable bonds is 4. The predicted molar refractivity (Wildman–Crippen MR) is 78.1 cm³/mol. The van der Waals surface area contributed by atoms with Crippen LogP contribution in [0.3, 0.4) is 0 Å². The van der Waals surface area contributed by atoms with E-state index in [0.717, 1.165) is 22.3 Å². The van der Waals surface area contributed by atoms with Crippen LogP contribution in [0.4, 0.5) is 0 Å². The molecule has 0 radical (unpaired) electrons. The molecule has 100 valence electrons. The Balaban J connectivity index is 1.92. The second-order valence-electron chi connectivity index (χ2n) is 4.48. The molecular formula is C14H16BrN3O. The first kappa shape index (κ1) is 13.8. The first-order valence-corrected chi connectivity index (χ1v) is 6.87. The highest BCUT2D eigenvalue weighted by atomic mass is 79.9. The topological polar surface area (TPSA) is 46.9 Å².